The van der Waals surface area contributed by atoms with Crippen LogP contribution in [0.15, 0.2) is 12.1 Å². The van der Waals surface area contributed by atoms with Crippen molar-refractivity contribution in [2.45, 2.75) is 38.1 Å². The van der Waals surface area contributed by atoms with Crippen molar-refractivity contribution >= 4 is 34.8 Å². The van der Waals surface area contributed by atoms with Gasteiger partial charge in [-0.25, -0.2) is 0 Å². The van der Waals surface area contributed by atoms with Gasteiger partial charge in [-0.3, -0.25) is 4.79 Å². The first-order valence-corrected chi connectivity index (χ1v) is 7.28. The van der Waals surface area contributed by atoms with E-state index in [0.29, 0.717) is 27.3 Å². The second kappa shape index (κ2) is 6.02. The van der Waals surface area contributed by atoms with Crippen LogP contribution in [0.1, 0.15) is 42.5 Å². The Morgan fingerprint density at radius 3 is 2.26 bits per heavy atom. The predicted molar refractivity (Wildman–Crippen MR) is 79.8 cm³/mol. The smallest absolute Gasteiger partial charge is 0.253 e. The van der Waals surface area contributed by atoms with E-state index in [2.05, 4.69) is 0 Å². The number of halogens is 2. The van der Waals surface area contributed by atoms with Gasteiger partial charge in [0, 0.05) is 18.7 Å². The summed E-state index contributed by atoms with van der Waals surface area (Å²) in [4.78, 5) is 14.2. The number of rotatable bonds is 2. The lowest BCUT2D eigenvalue weighted by molar-refractivity contribution is 0.0696. The van der Waals surface area contributed by atoms with Crippen molar-refractivity contribution in [2.75, 3.05) is 12.8 Å². The molecule has 1 aliphatic carbocycles. The van der Waals surface area contributed by atoms with E-state index in [1.54, 1.807) is 17.0 Å². The number of hydrogen-bond acceptors (Lipinski definition) is 2. The molecule has 0 atom stereocenters. The number of amides is 1. The molecular formula is C14H18Cl2N2O. The number of nitrogens with two attached hydrogens (primary N) is 1. The van der Waals surface area contributed by atoms with Crippen LogP contribution in [-0.4, -0.2) is 23.9 Å². The molecule has 1 aliphatic rings. The van der Waals surface area contributed by atoms with Gasteiger partial charge in [0.15, 0.2) is 0 Å². The second-order valence-electron chi connectivity index (χ2n) is 5.06. The molecule has 0 unspecified atom stereocenters. The lowest BCUT2D eigenvalue weighted by atomic mass is 9.94. The van der Waals surface area contributed by atoms with Crippen LogP contribution < -0.4 is 5.73 Å². The molecule has 1 aromatic carbocycles. The molecule has 104 valence electrons. The summed E-state index contributed by atoms with van der Waals surface area (Å²) >= 11 is 11.9. The van der Waals surface area contributed by atoms with Gasteiger partial charge < -0.3 is 10.6 Å². The lowest BCUT2D eigenvalue weighted by Crippen LogP contribution is -2.38. The molecule has 0 heterocycles. The van der Waals surface area contributed by atoms with Gasteiger partial charge in [-0.2, -0.15) is 0 Å². The summed E-state index contributed by atoms with van der Waals surface area (Å²) in [5.41, 5.74) is 6.50. The minimum absolute atomic E-state index is 0.0456. The van der Waals surface area contributed by atoms with Crippen LogP contribution in [0.4, 0.5) is 5.69 Å². The largest absolute Gasteiger partial charge is 0.396 e. The van der Waals surface area contributed by atoms with Crippen LogP contribution in [0.3, 0.4) is 0 Å². The fraction of sp³-hybridized carbons (Fsp3) is 0.500. The molecule has 1 amide bonds. The number of carbonyl (C=O) groups excluding carboxylic acids is 1. The van der Waals surface area contributed by atoms with E-state index in [1.807, 2.05) is 7.05 Å². The van der Waals surface area contributed by atoms with Gasteiger partial charge in [-0.1, -0.05) is 42.5 Å². The SMILES string of the molecule is CN(C(=O)c1cc(Cl)c(N)c(Cl)c1)C1CCCCC1. The molecule has 2 rings (SSSR count). The zero-order valence-electron chi connectivity index (χ0n) is 11.0. The van der Waals surface area contributed by atoms with Gasteiger partial charge >= 0.3 is 0 Å². The molecule has 1 saturated carbocycles. The zero-order chi connectivity index (χ0) is 14.0. The predicted octanol–water partition coefficient (Wildman–Crippen LogP) is 3.98. The highest BCUT2D eigenvalue weighted by Gasteiger charge is 2.23. The van der Waals surface area contributed by atoms with Crippen molar-refractivity contribution in [2.24, 2.45) is 0 Å². The fourth-order valence-corrected chi connectivity index (χ4v) is 3.03. The average molecular weight is 301 g/mol. The van der Waals surface area contributed by atoms with E-state index < -0.39 is 0 Å². The van der Waals surface area contributed by atoms with Crippen molar-refractivity contribution in [1.82, 2.24) is 4.90 Å². The van der Waals surface area contributed by atoms with Crippen LogP contribution >= 0.6 is 23.2 Å². The van der Waals surface area contributed by atoms with Gasteiger partial charge in [0.05, 0.1) is 15.7 Å². The van der Waals surface area contributed by atoms with E-state index in [1.165, 1.54) is 19.3 Å². The van der Waals surface area contributed by atoms with Gasteiger partial charge in [0.25, 0.3) is 5.91 Å². The van der Waals surface area contributed by atoms with Crippen LogP contribution in [0, 0.1) is 0 Å². The second-order valence-corrected chi connectivity index (χ2v) is 5.88. The Morgan fingerprint density at radius 1 is 1.21 bits per heavy atom. The first kappa shape index (κ1) is 14.5. The normalized spacial score (nSPS) is 16.4. The maximum Gasteiger partial charge on any atom is 0.253 e. The molecule has 0 aliphatic heterocycles. The number of nitrogens with zero attached hydrogens (tertiary/aromatic N) is 1. The summed E-state index contributed by atoms with van der Waals surface area (Å²) in [6.07, 6.45) is 5.77. The highest BCUT2D eigenvalue weighted by molar-refractivity contribution is 6.39. The van der Waals surface area contributed by atoms with Gasteiger partial charge in [-0.05, 0) is 25.0 Å². The minimum Gasteiger partial charge on any atom is -0.396 e. The maximum absolute atomic E-state index is 12.4. The van der Waals surface area contributed by atoms with Gasteiger partial charge in [-0.15, -0.1) is 0 Å². The van der Waals surface area contributed by atoms with Crippen molar-refractivity contribution in [3.8, 4) is 0 Å². The molecule has 5 heteroatoms. The maximum atomic E-state index is 12.4. The molecule has 1 aromatic rings. The van der Waals surface area contributed by atoms with Gasteiger partial charge in [0.1, 0.15) is 0 Å². The average Bonchev–Trinajstić information content (AvgIpc) is 2.43. The topological polar surface area (TPSA) is 46.3 Å². The summed E-state index contributed by atoms with van der Waals surface area (Å²) in [5, 5.41) is 0.654. The number of benzene rings is 1. The molecule has 1 fully saturated rings. The van der Waals surface area contributed by atoms with E-state index in [0.717, 1.165) is 12.8 Å². The first-order chi connectivity index (χ1) is 9.00. The summed E-state index contributed by atoms with van der Waals surface area (Å²) in [6, 6.07) is 3.49. The molecule has 0 saturated heterocycles. The summed E-state index contributed by atoms with van der Waals surface area (Å²) in [5.74, 6) is -0.0456. The standard InChI is InChI=1S/C14H18Cl2N2O/c1-18(10-5-3-2-4-6-10)14(19)9-7-11(15)13(17)12(16)8-9/h7-8,10H,2-6,17H2,1H3. The molecule has 3 nitrogen and oxygen atoms in total. The number of carbonyl (C=O) groups is 1. The van der Waals surface area contributed by atoms with E-state index in [-0.39, 0.29) is 5.91 Å². The molecule has 0 radical (unpaired) electrons. The highest BCUT2D eigenvalue weighted by Crippen LogP contribution is 2.30. The fourth-order valence-electron chi connectivity index (χ4n) is 2.55. The Labute approximate surface area is 123 Å². The molecular weight excluding hydrogens is 283 g/mol. The van der Waals surface area contributed by atoms with Crippen molar-refractivity contribution in [1.29, 1.82) is 0 Å². The Kier molecular flexibility index (Phi) is 4.58. The van der Waals surface area contributed by atoms with Crippen LogP contribution in [-0.2, 0) is 0 Å². The van der Waals surface area contributed by atoms with Crippen molar-refractivity contribution in [3.05, 3.63) is 27.7 Å². The Hall–Kier alpha value is -0.930. The van der Waals surface area contributed by atoms with Crippen LogP contribution in [0.25, 0.3) is 0 Å². The highest BCUT2D eigenvalue weighted by atomic mass is 35.5. The van der Waals surface area contributed by atoms with E-state index >= 15 is 0 Å². The Bertz CT molecular complexity index is 461. The van der Waals surface area contributed by atoms with Crippen LogP contribution in [0.5, 0.6) is 0 Å². The van der Waals surface area contributed by atoms with E-state index in [4.69, 9.17) is 28.9 Å². The zero-order valence-corrected chi connectivity index (χ0v) is 12.5. The third-order valence-electron chi connectivity index (χ3n) is 3.77. The van der Waals surface area contributed by atoms with Crippen molar-refractivity contribution < 1.29 is 4.79 Å². The minimum atomic E-state index is -0.0456. The van der Waals surface area contributed by atoms with Crippen molar-refractivity contribution in [3.63, 3.8) is 0 Å². The monoisotopic (exact) mass is 300 g/mol. The van der Waals surface area contributed by atoms with E-state index in [9.17, 15) is 4.79 Å². The molecule has 0 spiro atoms. The van der Waals surface area contributed by atoms with Crippen LogP contribution in [0.2, 0.25) is 10.0 Å². The Morgan fingerprint density at radius 2 is 1.74 bits per heavy atom. The molecule has 0 bridgehead atoms. The number of hydrogen-bond donors (Lipinski definition) is 1. The first-order valence-electron chi connectivity index (χ1n) is 6.52. The number of anilines is 1. The quantitative estimate of drug-likeness (QED) is 0.840. The third kappa shape index (κ3) is 3.15. The molecule has 0 aromatic heterocycles. The molecule has 19 heavy (non-hydrogen) atoms. The lowest BCUT2D eigenvalue weighted by Gasteiger charge is -2.31. The Balaban J connectivity index is 2.18. The summed E-state index contributed by atoms with van der Waals surface area (Å²) in [7, 11) is 1.84. The number of nitrogen functional groups attached to an aromatic ring is 1. The van der Waals surface area contributed by atoms with Gasteiger partial charge in [0.2, 0.25) is 0 Å². The summed E-state index contributed by atoms with van der Waals surface area (Å²) in [6.45, 7) is 0. The third-order valence-corrected chi connectivity index (χ3v) is 4.39. The molecule has 2 N–H and O–H groups in total. The summed E-state index contributed by atoms with van der Waals surface area (Å²) < 4.78 is 0.